The summed E-state index contributed by atoms with van der Waals surface area (Å²) in [5.41, 5.74) is 2.83. The van der Waals surface area contributed by atoms with Crippen LogP contribution in [0.15, 0.2) is 24.3 Å². The Kier molecular flexibility index (Phi) is 7.11. The summed E-state index contributed by atoms with van der Waals surface area (Å²) in [6.45, 7) is 7.88. The third-order valence-electron chi connectivity index (χ3n) is 3.69. The van der Waals surface area contributed by atoms with E-state index in [9.17, 15) is 0 Å². The zero-order valence-electron chi connectivity index (χ0n) is 13.2. The summed E-state index contributed by atoms with van der Waals surface area (Å²) in [5, 5.41) is 3.75. The minimum absolute atomic E-state index is 0.475. The van der Waals surface area contributed by atoms with Crippen molar-refractivity contribution in [3.63, 3.8) is 0 Å². The van der Waals surface area contributed by atoms with Gasteiger partial charge in [0.25, 0.3) is 0 Å². The standard InChI is InChI=1S/C17H30N2/c1-6-15-8-10-16(11-9-15)17(7-2)18-14(3)12-13-19(4)5/h8-11,14,17-18H,6-7,12-13H2,1-5H3. The van der Waals surface area contributed by atoms with E-state index in [4.69, 9.17) is 0 Å². The second-order valence-electron chi connectivity index (χ2n) is 5.72. The van der Waals surface area contributed by atoms with Gasteiger partial charge in [-0.25, -0.2) is 0 Å². The molecule has 0 saturated heterocycles. The molecule has 19 heavy (non-hydrogen) atoms. The van der Waals surface area contributed by atoms with E-state index in [1.165, 1.54) is 17.5 Å². The molecule has 1 aromatic rings. The van der Waals surface area contributed by atoms with Gasteiger partial charge in [-0.05, 0) is 58.0 Å². The molecule has 0 radical (unpaired) electrons. The van der Waals surface area contributed by atoms with E-state index < -0.39 is 0 Å². The SMILES string of the molecule is CCc1ccc(C(CC)NC(C)CCN(C)C)cc1. The van der Waals surface area contributed by atoms with Crippen LogP contribution in [-0.4, -0.2) is 31.6 Å². The van der Waals surface area contributed by atoms with Crippen LogP contribution in [0.1, 0.15) is 50.8 Å². The molecule has 0 amide bonds. The first-order valence-corrected chi connectivity index (χ1v) is 7.56. The van der Waals surface area contributed by atoms with Gasteiger partial charge in [-0.1, -0.05) is 38.1 Å². The number of nitrogens with one attached hydrogen (secondary N) is 1. The van der Waals surface area contributed by atoms with E-state index >= 15 is 0 Å². The van der Waals surface area contributed by atoms with Crippen LogP contribution >= 0.6 is 0 Å². The highest BCUT2D eigenvalue weighted by Crippen LogP contribution is 2.18. The van der Waals surface area contributed by atoms with Gasteiger partial charge >= 0.3 is 0 Å². The minimum atomic E-state index is 0.475. The predicted molar refractivity (Wildman–Crippen MR) is 84.6 cm³/mol. The monoisotopic (exact) mass is 262 g/mol. The summed E-state index contributed by atoms with van der Waals surface area (Å²) < 4.78 is 0. The predicted octanol–water partition coefficient (Wildman–Crippen LogP) is 3.63. The Morgan fingerprint density at radius 2 is 1.74 bits per heavy atom. The maximum Gasteiger partial charge on any atom is 0.0319 e. The maximum atomic E-state index is 3.75. The number of rotatable bonds is 8. The van der Waals surface area contributed by atoms with Crippen molar-refractivity contribution in [2.24, 2.45) is 0 Å². The lowest BCUT2D eigenvalue weighted by Gasteiger charge is -2.24. The first-order valence-electron chi connectivity index (χ1n) is 7.56. The highest BCUT2D eigenvalue weighted by molar-refractivity contribution is 5.25. The van der Waals surface area contributed by atoms with E-state index in [2.05, 4.69) is 69.3 Å². The largest absolute Gasteiger partial charge is 0.309 e. The topological polar surface area (TPSA) is 15.3 Å². The smallest absolute Gasteiger partial charge is 0.0319 e. The van der Waals surface area contributed by atoms with Crippen LogP contribution in [0.2, 0.25) is 0 Å². The van der Waals surface area contributed by atoms with E-state index in [0.29, 0.717) is 12.1 Å². The number of aryl methyl sites for hydroxylation is 1. The maximum absolute atomic E-state index is 3.75. The van der Waals surface area contributed by atoms with Crippen molar-refractivity contribution in [2.75, 3.05) is 20.6 Å². The molecule has 0 aliphatic carbocycles. The Morgan fingerprint density at radius 3 is 2.21 bits per heavy atom. The van der Waals surface area contributed by atoms with Crippen molar-refractivity contribution >= 4 is 0 Å². The Morgan fingerprint density at radius 1 is 1.11 bits per heavy atom. The lowest BCUT2D eigenvalue weighted by Crippen LogP contribution is -2.32. The third kappa shape index (κ3) is 5.75. The van der Waals surface area contributed by atoms with E-state index in [0.717, 1.165) is 19.4 Å². The second kappa shape index (κ2) is 8.34. The van der Waals surface area contributed by atoms with Crippen LogP contribution in [0.5, 0.6) is 0 Å². The fourth-order valence-corrected chi connectivity index (χ4v) is 2.31. The van der Waals surface area contributed by atoms with Gasteiger partial charge in [-0.2, -0.15) is 0 Å². The first kappa shape index (κ1) is 16.2. The molecule has 1 rings (SSSR count). The summed E-state index contributed by atoms with van der Waals surface area (Å²) in [5.74, 6) is 0. The average molecular weight is 262 g/mol. The summed E-state index contributed by atoms with van der Waals surface area (Å²) in [6.07, 6.45) is 3.44. The van der Waals surface area contributed by atoms with Crippen molar-refractivity contribution in [1.29, 1.82) is 0 Å². The molecule has 2 nitrogen and oxygen atoms in total. The van der Waals surface area contributed by atoms with E-state index in [1.807, 2.05) is 0 Å². The summed E-state index contributed by atoms with van der Waals surface area (Å²) in [7, 11) is 4.26. The average Bonchev–Trinajstić information content (AvgIpc) is 2.42. The van der Waals surface area contributed by atoms with Gasteiger partial charge < -0.3 is 10.2 Å². The van der Waals surface area contributed by atoms with Crippen LogP contribution < -0.4 is 5.32 Å². The lowest BCUT2D eigenvalue weighted by molar-refractivity contribution is 0.347. The normalized spacial score (nSPS) is 14.6. The van der Waals surface area contributed by atoms with Gasteiger partial charge in [0.15, 0.2) is 0 Å². The molecule has 0 aromatic heterocycles. The number of hydrogen-bond donors (Lipinski definition) is 1. The van der Waals surface area contributed by atoms with Crippen molar-refractivity contribution in [1.82, 2.24) is 10.2 Å². The Balaban J connectivity index is 2.56. The molecular weight excluding hydrogens is 232 g/mol. The molecule has 2 heteroatoms. The molecule has 0 saturated carbocycles. The molecule has 0 spiro atoms. The third-order valence-corrected chi connectivity index (χ3v) is 3.69. The zero-order valence-corrected chi connectivity index (χ0v) is 13.2. The molecule has 2 unspecified atom stereocenters. The quantitative estimate of drug-likeness (QED) is 0.769. The molecule has 108 valence electrons. The molecule has 0 aliphatic heterocycles. The van der Waals surface area contributed by atoms with Gasteiger partial charge in [0.05, 0.1) is 0 Å². The molecule has 0 fully saturated rings. The summed E-state index contributed by atoms with van der Waals surface area (Å²) >= 11 is 0. The second-order valence-corrected chi connectivity index (χ2v) is 5.72. The Bertz CT molecular complexity index is 343. The first-order chi connectivity index (χ1) is 9.06. The Hall–Kier alpha value is -0.860. The minimum Gasteiger partial charge on any atom is -0.309 e. The fourth-order valence-electron chi connectivity index (χ4n) is 2.31. The number of benzene rings is 1. The molecule has 0 bridgehead atoms. The highest BCUT2D eigenvalue weighted by atomic mass is 15.1. The van der Waals surface area contributed by atoms with Gasteiger partial charge in [-0.3, -0.25) is 0 Å². The van der Waals surface area contributed by atoms with Gasteiger partial charge in [0, 0.05) is 12.1 Å². The van der Waals surface area contributed by atoms with Gasteiger partial charge in [0.2, 0.25) is 0 Å². The van der Waals surface area contributed by atoms with Crippen LogP contribution in [0.25, 0.3) is 0 Å². The van der Waals surface area contributed by atoms with Crippen molar-refractivity contribution in [3.05, 3.63) is 35.4 Å². The lowest BCUT2D eigenvalue weighted by atomic mass is 10.0. The van der Waals surface area contributed by atoms with E-state index in [1.54, 1.807) is 0 Å². The van der Waals surface area contributed by atoms with Gasteiger partial charge in [-0.15, -0.1) is 0 Å². The molecular formula is C17H30N2. The molecule has 2 atom stereocenters. The van der Waals surface area contributed by atoms with Crippen LogP contribution in [0, 0.1) is 0 Å². The van der Waals surface area contributed by atoms with Gasteiger partial charge in [0.1, 0.15) is 0 Å². The molecule has 1 N–H and O–H groups in total. The van der Waals surface area contributed by atoms with Crippen molar-refractivity contribution < 1.29 is 0 Å². The number of nitrogens with zero attached hydrogens (tertiary/aromatic N) is 1. The van der Waals surface area contributed by atoms with Crippen LogP contribution in [-0.2, 0) is 6.42 Å². The molecule has 0 aliphatic rings. The summed E-state index contributed by atoms with van der Waals surface area (Å²) in [6, 6.07) is 10.1. The van der Waals surface area contributed by atoms with Crippen LogP contribution in [0.3, 0.4) is 0 Å². The molecule has 0 heterocycles. The van der Waals surface area contributed by atoms with Crippen molar-refractivity contribution in [3.8, 4) is 0 Å². The zero-order chi connectivity index (χ0) is 14.3. The summed E-state index contributed by atoms with van der Waals surface area (Å²) in [4.78, 5) is 2.25. The Labute approximate surface area is 119 Å². The fraction of sp³-hybridized carbons (Fsp3) is 0.647. The number of hydrogen-bond acceptors (Lipinski definition) is 2. The van der Waals surface area contributed by atoms with Crippen molar-refractivity contribution in [2.45, 2.75) is 52.1 Å². The molecule has 1 aromatic carbocycles. The van der Waals surface area contributed by atoms with E-state index in [-0.39, 0.29) is 0 Å². The highest BCUT2D eigenvalue weighted by Gasteiger charge is 2.12. The van der Waals surface area contributed by atoms with Crippen LogP contribution in [0.4, 0.5) is 0 Å².